The fraction of sp³-hybridized carbons (Fsp3) is 0.500. The number of carbonyl (C=O) groups excluding carboxylic acids is 1. The highest BCUT2D eigenvalue weighted by Crippen LogP contribution is 2.14. The number of amides is 1. The summed E-state index contributed by atoms with van der Waals surface area (Å²) in [6.45, 7) is 1.15. The van der Waals surface area contributed by atoms with E-state index in [1.165, 1.54) is 19.6 Å². The Bertz CT molecular complexity index is 657. The summed E-state index contributed by atoms with van der Waals surface area (Å²) in [6.07, 6.45) is 1.70. The molecule has 10 nitrogen and oxygen atoms in total. The number of nitrogens with zero attached hydrogens (tertiary/aromatic N) is 4. The zero-order chi connectivity index (χ0) is 16.3. The monoisotopic (exact) mass is 309 g/mol. The van der Waals surface area contributed by atoms with Crippen LogP contribution in [0.25, 0.3) is 11.2 Å². The van der Waals surface area contributed by atoms with E-state index >= 15 is 0 Å². The first-order valence-electron chi connectivity index (χ1n) is 6.70. The van der Waals surface area contributed by atoms with Gasteiger partial charge in [-0.2, -0.15) is 0 Å². The predicted molar refractivity (Wildman–Crippen MR) is 78.4 cm³/mol. The third-order valence-corrected chi connectivity index (χ3v) is 3.22. The smallest absolute Gasteiger partial charge is 0.237 e. The quantitative estimate of drug-likeness (QED) is 0.393. The normalized spacial score (nSPS) is 15.5. The van der Waals surface area contributed by atoms with Crippen molar-refractivity contribution in [2.24, 2.45) is 5.73 Å². The van der Waals surface area contributed by atoms with Gasteiger partial charge in [0.05, 0.1) is 37.7 Å². The molecule has 0 saturated carbocycles. The van der Waals surface area contributed by atoms with Gasteiger partial charge in [0.15, 0.2) is 11.5 Å². The zero-order valence-corrected chi connectivity index (χ0v) is 12.0. The molecule has 0 aromatic carbocycles. The van der Waals surface area contributed by atoms with E-state index in [0.717, 1.165) is 0 Å². The Morgan fingerprint density at radius 1 is 1.45 bits per heavy atom. The maximum Gasteiger partial charge on any atom is 0.237 e. The number of aliphatic hydroxyl groups excluding tert-OH is 2. The molecule has 0 fully saturated rings. The number of fused-ring (bicyclic) bond motifs is 1. The number of aliphatic hydroxyl groups is 2. The molecule has 3 atom stereocenters. The Kier molecular flexibility index (Phi) is 4.85. The van der Waals surface area contributed by atoms with Gasteiger partial charge < -0.3 is 31.6 Å². The maximum absolute atomic E-state index is 11.6. The van der Waals surface area contributed by atoms with Crippen molar-refractivity contribution in [3.05, 3.63) is 12.7 Å². The van der Waals surface area contributed by atoms with Gasteiger partial charge in [-0.1, -0.05) is 0 Å². The number of rotatable bonds is 6. The van der Waals surface area contributed by atoms with Crippen molar-refractivity contribution < 1.29 is 15.0 Å². The van der Waals surface area contributed by atoms with Gasteiger partial charge in [0.25, 0.3) is 0 Å². The fourth-order valence-corrected chi connectivity index (χ4v) is 1.94. The van der Waals surface area contributed by atoms with Gasteiger partial charge in [0.2, 0.25) is 5.91 Å². The van der Waals surface area contributed by atoms with E-state index < -0.39 is 30.7 Å². The summed E-state index contributed by atoms with van der Waals surface area (Å²) in [4.78, 5) is 23.5. The van der Waals surface area contributed by atoms with Crippen LogP contribution in [-0.2, 0) is 11.3 Å². The average Bonchev–Trinajstić information content (AvgIpc) is 2.88. The van der Waals surface area contributed by atoms with Crippen LogP contribution in [0.4, 0.5) is 5.82 Å². The van der Waals surface area contributed by atoms with Crippen LogP contribution in [0.2, 0.25) is 0 Å². The van der Waals surface area contributed by atoms with Crippen molar-refractivity contribution in [3.8, 4) is 0 Å². The number of nitrogens with one attached hydrogen (secondary N) is 1. The van der Waals surface area contributed by atoms with E-state index in [-0.39, 0.29) is 12.4 Å². The Labute approximate surface area is 126 Å². The fourth-order valence-electron chi connectivity index (χ4n) is 1.94. The molecule has 0 spiro atoms. The zero-order valence-electron chi connectivity index (χ0n) is 12.0. The lowest BCUT2D eigenvalue weighted by Crippen LogP contribution is -2.51. The molecule has 7 N–H and O–H groups in total. The lowest BCUT2D eigenvalue weighted by Gasteiger charge is -2.23. The van der Waals surface area contributed by atoms with Crippen LogP contribution >= 0.6 is 0 Å². The van der Waals surface area contributed by atoms with Gasteiger partial charge >= 0.3 is 0 Å². The summed E-state index contributed by atoms with van der Waals surface area (Å²) in [6, 6.07) is -1.59. The molecule has 2 rings (SSSR count). The van der Waals surface area contributed by atoms with E-state index in [2.05, 4.69) is 20.3 Å². The average molecular weight is 309 g/mol. The molecule has 120 valence electrons. The highest BCUT2D eigenvalue weighted by atomic mass is 16.3. The number of aromatic nitrogens is 4. The first-order chi connectivity index (χ1) is 10.4. The Balaban J connectivity index is 2.13. The van der Waals surface area contributed by atoms with Gasteiger partial charge in [0, 0.05) is 0 Å². The largest absolute Gasteiger partial charge is 0.394 e. The number of carbonyl (C=O) groups is 1. The molecule has 0 unspecified atom stereocenters. The summed E-state index contributed by atoms with van der Waals surface area (Å²) in [5.74, 6) is -0.220. The molecule has 2 heterocycles. The van der Waals surface area contributed by atoms with Crippen LogP contribution < -0.4 is 16.8 Å². The summed E-state index contributed by atoms with van der Waals surface area (Å²) in [5, 5.41) is 22.0. The second-order valence-electron chi connectivity index (χ2n) is 4.98. The van der Waals surface area contributed by atoms with Crippen molar-refractivity contribution in [3.63, 3.8) is 0 Å². The van der Waals surface area contributed by atoms with E-state index in [0.29, 0.717) is 11.2 Å². The van der Waals surface area contributed by atoms with Gasteiger partial charge in [0.1, 0.15) is 11.8 Å². The van der Waals surface area contributed by atoms with Crippen LogP contribution in [0.3, 0.4) is 0 Å². The van der Waals surface area contributed by atoms with Crippen molar-refractivity contribution in [2.45, 2.75) is 31.7 Å². The minimum atomic E-state index is -1.05. The Morgan fingerprint density at radius 2 is 2.18 bits per heavy atom. The Morgan fingerprint density at radius 3 is 2.82 bits per heavy atom. The number of imidazole rings is 1. The van der Waals surface area contributed by atoms with Crippen LogP contribution in [0.15, 0.2) is 12.7 Å². The number of nitrogens with two attached hydrogens (primary N) is 2. The number of nitrogen functional groups attached to an aromatic ring is 1. The third kappa shape index (κ3) is 3.30. The molecule has 0 saturated heterocycles. The van der Waals surface area contributed by atoms with Crippen LogP contribution in [-0.4, -0.2) is 60.4 Å². The number of anilines is 1. The molecular formula is C12H19N7O3. The van der Waals surface area contributed by atoms with Crippen LogP contribution in [0, 0.1) is 0 Å². The van der Waals surface area contributed by atoms with Crippen LogP contribution in [0.1, 0.15) is 6.92 Å². The van der Waals surface area contributed by atoms with E-state index in [4.69, 9.17) is 11.5 Å². The molecule has 0 aliphatic rings. The molecule has 0 bridgehead atoms. The molecule has 2 aromatic rings. The second kappa shape index (κ2) is 6.64. The van der Waals surface area contributed by atoms with Crippen molar-refractivity contribution in [1.29, 1.82) is 0 Å². The number of hydrogen-bond acceptors (Lipinski definition) is 8. The highest BCUT2D eigenvalue weighted by Gasteiger charge is 2.23. The Hall–Kier alpha value is -2.30. The lowest BCUT2D eigenvalue weighted by atomic mass is 10.1. The summed E-state index contributed by atoms with van der Waals surface area (Å²) >= 11 is 0. The van der Waals surface area contributed by atoms with E-state index in [1.807, 2.05) is 0 Å². The number of hydrogen-bond donors (Lipinski definition) is 5. The van der Waals surface area contributed by atoms with Crippen molar-refractivity contribution in [2.75, 3.05) is 12.3 Å². The molecular weight excluding hydrogens is 290 g/mol. The molecule has 0 aliphatic heterocycles. The minimum absolute atomic E-state index is 0.0669. The lowest BCUT2D eigenvalue weighted by molar-refractivity contribution is -0.124. The van der Waals surface area contributed by atoms with E-state index in [9.17, 15) is 15.0 Å². The third-order valence-electron chi connectivity index (χ3n) is 3.22. The van der Waals surface area contributed by atoms with Crippen molar-refractivity contribution >= 4 is 22.9 Å². The van der Waals surface area contributed by atoms with E-state index in [1.54, 1.807) is 4.57 Å². The summed E-state index contributed by atoms with van der Waals surface area (Å²) < 4.78 is 1.57. The van der Waals surface area contributed by atoms with Crippen molar-refractivity contribution in [1.82, 2.24) is 24.8 Å². The SMILES string of the molecule is C[C@@H](N)C(=O)N[C@H](CO)[C@@H](O)Cn1cnc2c(N)ncnc21. The van der Waals surface area contributed by atoms with Gasteiger partial charge in [-0.3, -0.25) is 4.79 Å². The molecule has 2 aromatic heterocycles. The molecule has 22 heavy (non-hydrogen) atoms. The topological polar surface area (TPSA) is 165 Å². The summed E-state index contributed by atoms with van der Waals surface area (Å²) in [7, 11) is 0. The second-order valence-corrected chi connectivity index (χ2v) is 4.98. The standard InChI is InChI=1S/C12H19N7O3/c1-6(13)12(22)18-7(3-20)8(21)2-19-5-17-9-10(14)15-4-16-11(9)19/h4-8,20-21H,2-3,13H2,1H3,(H,18,22)(H2,14,15,16)/t6-,7-,8+/m1/s1. The first kappa shape index (κ1) is 16.1. The molecule has 10 heteroatoms. The molecule has 0 radical (unpaired) electrons. The van der Waals surface area contributed by atoms with Gasteiger partial charge in [-0.25, -0.2) is 15.0 Å². The minimum Gasteiger partial charge on any atom is -0.394 e. The summed E-state index contributed by atoms with van der Waals surface area (Å²) in [5.41, 5.74) is 12.0. The maximum atomic E-state index is 11.6. The van der Waals surface area contributed by atoms with Gasteiger partial charge in [-0.05, 0) is 6.92 Å². The predicted octanol–water partition coefficient (Wildman–Crippen LogP) is -2.41. The highest BCUT2D eigenvalue weighted by molar-refractivity contribution is 5.81. The molecule has 0 aliphatic carbocycles. The molecule has 1 amide bonds. The first-order valence-corrected chi connectivity index (χ1v) is 6.70. The van der Waals surface area contributed by atoms with Crippen LogP contribution in [0.5, 0.6) is 0 Å². The van der Waals surface area contributed by atoms with Gasteiger partial charge in [-0.15, -0.1) is 0 Å².